The molecule has 12 heteroatoms. The lowest BCUT2D eigenvalue weighted by Gasteiger charge is -2.53. The summed E-state index contributed by atoms with van der Waals surface area (Å²) in [7, 11) is 0. The highest BCUT2D eigenvalue weighted by Crippen LogP contribution is 2.43. The standard InChI is InChI=1S/C30H42BrFIN5O4/c1-19(2)40-15-14-36-10-6-20(7-11-36)41-27-34-25-21(16-22(33)23(31)24(25)32)26(35-27)37-12-8-30(9-13-37)17-38(18-30)28(39)42-29(3,4)5/h16,19-20H,6-15,17-18H2,1-5H3. The van der Waals surface area contributed by atoms with Crippen LogP contribution in [0.15, 0.2) is 10.5 Å². The van der Waals surface area contributed by atoms with Crippen LogP contribution >= 0.6 is 38.5 Å². The summed E-state index contributed by atoms with van der Waals surface area (Å²) in [6, 6.07) is 2.17. The van der Waals surface area contributed by atoms with Crippen molar-refractivity contribution in [3.05, 3.63) is 19.9 Å². The molecule has 0 saturated carbocycles. The van der Waals surface area contributed by atoms with Gasteiger partial charge in [0.15, 0.2) is 5.82 Å². The molecule has 3 aliphatic heterocycles. The van der Waals surface area contributed by atoms with Crippen molar-refractivity contribution in [2.75, 3.05) is 57.3 Å². The van der Waals surface area contributed by atoms with Gasteiger partial charge in [-0.15, -0.1) is 0 Å². The summed E-state index contributed by atoms with van der Waals surface area (Å²) in [4.78, 5) is 28.4. The van der Waals surface area contributed by atoms with E-state index in [1.165, 1.54) is 0 Å². The van der Waals surface area contributed by atoms with Crippen LogP contribution in [0.3, 0.4) is 0 Å². The molecule has 0 bridgehead atoms. The van der Waals surface area contributed by atoms with Crippen LogP contribution in [0, 0.1) is 14.8 Å². The van der Waals surface area contributed by atoms with Gasteiger partial charge in [-0.3, -0.25) is 0 Å². The molecule has 3 fully saturated rings. The first-order chi connectivity index (χ1) is 19.8. The average molecular weight is 763 g/mol. The molecule has 0 aliphatic carbocycles. The maximum absolute atomic E-state index is 15.5. The number of hydrogen-bond donors (Lipinski definition) is 0. The number of rotatable bonds is 7. The number of fused-ring (bicyclic) bond motifs is 1. The molecule has 1 spiro atoms. The minimum Gasteiger partial charge on any atom is -0.460 e. The first-order valence-electron chi connectivity index (χ1n) is 14.9. The van der Waals surface area contributed by atoms with E-state index in [0.29, 0.717) is 28.8 Å². The van der Waals surface area contributed by atoms with Crippen molar-refractivity contribution in [2.24, 2.45) is 5.41 Å². The summed E-state index contributed by atoms with van der Waals surface area (Å²) >= 11 is 5.53. The third-order valence-corrected chi connectivity index (χ3v) is 10.6. The van der Waals surface area contributed by atoms with Crippen LogP contribution in [-0.2, 0) is 9.47 Å². The molecule has 42 heavy (non-hydrogen) atoms. The number of anilines is 1. The predicted molar refractivity (Wildman–Crippen MR) is 173 cm³/mol. The average Bonchev–Trinajstić information content (AvgIpc) is 2.90. The summed E-state index contributed by atoms with van der Waals surface area (Å²) in [5.41, 5.74) is -0.143. The van der Waals surface area contributed by atoms with Gasteiger partial charge >= 0.3 is 12.1 Å². The summed E-state index contributed by atoms with van der Waals surface area (Å²) < 4.78 is 34.3. The molecular weight excluding hydrogens is 720 g/mol. The fourth-order valence-electron chi connectivity index (χ4n) is 5.98. The highest BCUT2D eigenvalue weighted by Gasteiger charge is 2.48. The van der Waals surface area contributed by atoms with Gasteiger partial charge in [0.05, 0.1) is 17.2 Å². The molecule has 3 saturated heterocycles. The minimum absolute atomic E-state index is 0.0219. The highest BCUT2D eigenvalue weighted by atomic mass is 127. The predicted octanol–water partition coefficient (Wildman–Crippen LogP) is 6.24. The second-order valence-electron chi connectivity index (χ2n) is 13.1. The van der Waals surface area contributed by atoms with Gasteiger partial charge in [0.2, 0.25) is 0 Å². The largest absolute Gasteiger partial charge is 0.460 e. The van der Waals surface area contributed by atoms with Crippen LogP contribution in [0.5, 0.6) is 6.01 Å². The molecular formula is C30H42BrFIN5O4. The minimum atomic E-state index is -0.502. The Morgan fingerprint density at radius 1 is 1.17 bits per heavy atom. The molecule has 1 aromatic carbocycles. The lowest BCUT2D eigenvalue weighted by atomic mass is 9.72. The molecule has 1 aromatic heterocycles. The van der Waals surface area contributed by atoms with Crippen molar-refractivity contribution in [3.8, 4) is 6.01 Å². The van der Waals surface area contributed by atoms with E-state index in [-0.39, 0.29) is 35.2 Å². The van der Waals surface area contributed by atoms with Gasteiger partial charge in [-0.2, -0.15) is 9.97 Å². The quantitative estimate of drug-likeness (QED) is 0.243. The molecule has 2 aromatic rings. The fraction of sp³-hybridized carbons (Fsp3) is 0.700. The maximum Gasteiger partial charge on any atom is 0.410 e. The first kappa shape index (κ1) is 31.9. The topological polar surface area (TPSA) is 80.3 Å². The number of nitrogens with zero attached hydrogens (tertiary/aromatic N) is 5. The number of piperidine rings is 2. The molecule has 0 N–H and O–H groups in total. The van der Waals surface area contributed by atoms with Crippen LogP contribution in [0.4, 0.5) is 15.0 Å². The number of likely N-dealkylation sites (tertiary alicyclic amines) is 2. The van der Waals surface area contributed by atoms with Crippen LogP contribution in [0.2, 0.25) is 0 Å². The second-order valence-corrected chi connectivity index (χ2v) is 15.1. The van der Waals surface area contributed by atoms with Crippen molar-refractivity contribution in [2.45, 2.75) is 78.1 Å². The van der Waals surface area contributed by atoms with Crippen molar-refractivity contribution < 1.29 is 23.4 Å². The molecule has 0 atom stereocenters. The normalized spacial score (nSPS) is 19.9. The van der Waals surface area contributed by atoms with E-state index in [4.69, 9.17) is 19.2 Å². The zero-order valence-corrected chi connectivity index (χ0v) is 29.0. The summed E-state index contributed by atoms with van der Waals surface area (Å²) in [6.45, 7) is 16.2. The summed E-state index contributed by atoms with van der Waals surface area (Å²) in [5.74, 6) is 0.312. The summed E-state index contributed by atoms with van der Waals surface area (Å²) in [5, 5.41) is 0.687. The zero-order valence-electron chi connectivity index (χ0n) is 25.2. The second kappa shape index (κ2) is 12.8. The number of benzene rings is 1. The fourth-order valence-corrected chi connectivity index (χ4v) is 6.83. The number of halogens is 3. The molecule has 0 unspecified atom stereocenters. The Bertz CT molecular complexity index is 1280. The van der Waals surface area contributed by atoms with Crippen LogP contribution in [-0.4, -0.2) is 96.1 Å². The molecule has 3 aliphatic rings. The highest BCUT2D eigenvalue weighted by molar-refractivity contribution is 14.1. The van der Waals surface area contributed by atoms with Gasteiger partial charge in [0, 0.05) is 60.2 Å². The van der Waals surface area contributed by atoms with Crippen LogP contribution in [0.1, 0.15) is 60.3 Å². The van der Waals surface area contributed by atoms with Gasteiger partial charge in [-0.1, -0.05) is 0 Å². The molecule has 0 radical (unpaired) electrons. The lowest BCUT2D eigenvalue weighted by Crippen LogP contribution is -2.62. The van der Waals surface area contributed by atoms with E-state index in [1.54, 1.807) is 4.90 Å². The molecule has 4 heterocycles. The number of ether oxygens (including phenoxy) is 3. The Kier molecular flexibility index (Phi) is 9.76. The first-order valence-corrected chi connectivity index (χ1v) is 16.8. The van der Waals surface area contributed by atoms with Crippen molar-refractivity contribution in [3.63, 3.8) is 0 Å². The van der Waals surface area contributed by atoms with E-state index < -0.39 is 11.4 Å². The van der Waals surface area contributed by atoms with Gasteiger partial charge in [-0.05, 0) is 105 Å². The number of carbonyl (C=O) groups is 1. The van der Waals surface area contributed by atoms with E-state index in [9.17, 15) is 4.79 Å². The molecule has 5 rings (SSSR count). The van der Waals surface area contributed by atoms with Crippen molar-refractivity contribution in [1.29, 1.82) is 0 Å². The van der Waals surface area contributed by atoms with E-state index in [2.05, 4.69) is 67.2 Å². The van der Waals surface area contributed by atoms with Crippen LogP contribution in [0.25, 0.3) is 10.9 Å². The Balaban J connectivity index is 1.27. The Hall–Kier alpha value is -1.51. The van der Waals surface area contributed by atoms with Gasteiger partial charge < -0.3 is 28.9 Å². The smallest absolute Gasteiger partial charge is 0.410 e. The number of amides is 1. The Morgan fingerprint density at radius 3 is 2.45 bits per heavy atom. The van der Waals surface area contributed by atoms with E-state index in [0.717, 1.165) is 68.6 Å². The monoisotopic (exact) mass is 761 g/mol. The van der Waals surface area contributed by atoms with Gasteiger partial charge in [0.1, 0.15) is 23.0 Å². The van der Waals surface area contributed by atoms with Crippen molar-refractivity contribution >= 4 is 61.3 Å². The number of carbonyl (C=O) groups excluding carboxylic acids is 1. The Morgan fingerprint density at radius 2 is 1.83 bits per heavy atom. The van der Waals surface area contributed by atoms with E-state index in [1.807, 2.05) is 26.8 Å². The summed E-state index contributed by atoms with van der Waals surface area (Å²) in [6.07, 6.45) is 3.53. The Labute approximate surface area is 270 Å². The molecule has 1 amide bonds. The van der Waals surface area contributed by atoms with E-state index >= 15 is 4.39 Å². The number of aromatic nitrogens is 2. The SMILES string of the molecule is CC(C)OCCN1CCC(Oc2nc(N3CCC4(CC3)CN(C(=O)OC(C)(C)C)C4)c3cc(I)c(Br)c(F)c3n2)CC1. The zero-order chi connectivity index (χ0) is 30.2. The maximum atomic E-state index is 15.5. The molecule has 232 valence electrons. The third kappa shape index (κ3) is 7.40. The third-order valence-electron chi connectivity index (χ3n) is 8.28. The van der Waals surface area contributed by atoms with Gasteiger partial charge in [-0.25, -0.2) is 9.18 Å². The lowest BCUT2D eigenvalue weighted by molar-refractivity contribution is -0.0434. The van der Waals surface area contributed by atoms with Crippen molar-refractivity contribution in [1.82, 2.24) is 19.8 Å². The molecule has 9 nitrogen and oxygen atoms in total. The van der Waals surface area contributed by atoms with Crippen LogP contribution < -0.4 is 9.64 Å². The number of hydrogen-bond acceptors (Lipinski definition) is 8. The van der Waals surface area contributed by atoms with Gasteiger partial charge in [0.25, 0.3) is 0 Å².